The monoisotopic (exact) mass is 259 g/mol. The molecule has 0 aliphatic heterocycles. The van der Waals surface area contributed by atoms with E-state index in [0.29, 0.717) is 5.82 Å². The van der Waals surface area contributed by atoms with Crippen LogP contribution in [-0.2, 0) is 9.84 Å². The van der Waals surface area contributed by atoms with Crippen LogP contribution in [0.25, 0.3) is 0 Å². The van der Waals surface area contributed by atoms with Crippen molar-refractivity contribution in [1.29, 1.82) is 0 Å². The van der Waals surface area contributed by atoms with Crippen molar-refractivity contribution < 1.29 is 13.2 Å². The number of nitrogens with two attached hydrogens (primary N) is 1. The SMILES string of the molecule is CS(=O)(=O)CCNC(=O)c1ccc(NN)nn1. The van der Waals surface area contributed by atoms with Crippen molar-refractivity contribution >= 4 is 21.6 Å². The third-order valence-electron chi connectivity index (χ3n) is 1.80. The first-order chi connectivity index (χ1) is 7.92. The minimum absolute atomic E-state index is 0.0379. The van der Waals surface area contributed by atoms with Crippen LogP contribution in [0, 0.1) is 0 Å². The summed E-state index contributed by atoms with van der Waals surface area (Å²) in [5, 5.41) is 9.64. The second-order valence-corrected chi connectivity index (χ2v) is 5.59. The summed E-state index contributed by atoms with van der Waals surface area (Å²) in [6.45, 7) is 0.0379. The highest BCUT2D eigenvalue weighted by atomic mass is 32.2. The second-order valence-electron chi connectivity index (χ2n) is 3.33. The van der Waals surface area contributed by atoms with Crippen LogP contribution in [0.5, 0.6) is 0 Å². The maximum atomic E-state index is 11.5. The van der Waals surface area contributed by atoms with Crippen molar-refractivity contribution in [2.24, 2.45) is 5.84 Å². The number of nitrogen functional groups attached to an aromatic ring is 1. The van der Waals surface area contributed by atoms with Crippen molar-refractivity contribution in [2.75, 3.05) is 24.0 Å². The molecule has 8 nitrogen and oxygen atoms in total. The van der Waals surface area contributed by atoms with Crippen LogP contribution in [0.1, 0.15) is 10.5 Å². The Bertz CT molecular complexity index is 484. The summed E-state index contributed by atoms with van der Waals surface area (Å²) in [5.41, 5.74) is 2.37. The number of hydrogen-bond donors (Lipinski definition) is 3. The Hall–Kier alpha value is -1.74. The molecule has 94 valence electrons. The number of carbonyl (C=O) groups excluding carboxylic acids is 1. The molecule has 0 saturated carbocycles. The molecule has 1 aromatic heterocycles. The summed E-state index contributed by atoms with van der Waals surface area (Å²) < 4.78 is 21.7. The van der Waals surface area contributed by atoms with Gasteiger partial charge in [0.25, 0.3) is 5.91 Å². The Balaban J connectivity index is 2.52. The average molecular weight is 259 g/mol. The van der Waals surface area contributed by atoms with Crippen molar-refractivity contribution in [1.82, 2.24) is 15.5 Å². The number of anilines is 1. The van der Waals surface area contributed by atoms with Gasteiger partial charge in [-0.05, 0) is 12.1 Å². The summed E-state index contributed by atoms with van der Waals surface area (Å²) in [7, 11) is -3.09. The Kier molecular flexibility index (Phi) is 4.35. The van der Waals surface area contributed by atoms with Crippen LogP contribution in [0.15, 0.2) is 12.1 Å². The second kappa shape index (κ2) is 5.55. The molecule has 0 fully saturated rings. The van der Waals surface area contributed by atoms with Gasteiger partial charge in [-0.3, -0.25) is 4.79 Å². The molecule has 0 spiro atoms. The van der Waals surface area contributed by atoms with E-state index in [1.165, 1.54) is 12.1 Å². The number of hydrogen-bond acceptors (Lipinski definition) is 7. The number of hydrazine groups is 1. The number of aromatic nitrogens is 2. The Morgan fingerprint density at radius 1 is 1.41 bits per heavy atom. The molecular weight excluding hydrogens is 246 g/mol. The lowest BCUT2D eigenvalue weighted by Crippen LogP contribution is -2.29. The molecule has 0 saturated heterocycles. The molecule has 1 aromatic rings. The number of rotatable bonds is 5. The summed E-state index contributed by atoms with van der Waals surface area (Å²) in [5.74, 6) is 4.82. The van der Waals surface area contributed by atoms with E-state index in [1.54, 1.807) is 0 Å². The van der Waals surface area contributed by atoms with Gasteiger partial charge in [0, 0.05) is 12.8 Å². The van der Waals surface area contributed by atoms with Crippen LogP contribution >= 0.6 is 0 Å². The van der Waals surface area contributed by atoms with Crippen molar-refractivity contribution in [2.45, 2.75) is 0 Å². The number of carbonyl (C=O) groups is 1. The number of nitrogens with zero attached hydrogens (tertiary/aromatic N) is 2. The predicted molar refractivity (Wildman–Crippen MR) is 61.9 cm³/mol. The lowest BCUT2D eigenvalue weighted by Gasteiger charge is -2.03. The molecule has 0 atom stereocenters. The van der Waals surface area contributed by atoms with Crippen LogP contribution in [0.4, 0.5) is 5.82 Å². The molecule has 0 aliphatic carbocycles. The van der Waals surface area contributed by atoms with Gasteiger partial charge in [-0.25, -0.2) is 14.3 Å². The van der Waals surface area contributed by atoms with Crippen molar-refractivity contribution in [3.8, 4) is 0 Å². The van der Waals surface area contributed by atoms with Gasteiger partial charge in [-0.2, -0.15) is 0 Å². The maximum absolute atomic E-state index is 11.5. The Labute approximate surface area is 98.5 Å². The molecule has 1 rings (SSSR count). The first-order valence-electron chi connectivity index (χ1n) is 4.68. The number of sulfone groups is 1. The molecule has 0 aromatic carbocycles. The van der Waals surface area contributed by atoms with Crippen molar-refractivity contribution in [3.05, 3.63) is 17.8 Å². The predicted octanol–water partition coefficient (Wildman–Crippen LogP) is -1.46. The maximum Gasteiger partial charge on any atom is 0.271 e. The smallest absolute Gasteiger partial charge is 0.271 e. The van der Waals surface area contributed by atoms with Crippen LogP contribution in [-0.4, -0.2) is 43.1 Å². The van der Waals surface area contributed by atoms with E-state index in [1.807, 2.05) is 0 Å². The van der Waals surface area contributed by atoms with Gasteiger partial charge in [-0.1, -0.05) is 0 Å². The Morgan fingerprint density at radius 3 is 2.59 bits per heavy atom. The fraction of sp³-hybridized carbons (Fsp3) is 0.375. The molecule has 4 N–H and O–H groups in total. The van der Waals surface area contributed by atoms with E-state index in [-0.39, 0.29) is 18.0 Å². The van der Waals surface area contributed by atoms with Crippen LogP contribution < -0.4 is 16.6 Å². The Morgan fingerprint density at radius 2 is 2.12 bits per heavy atom. The summed E-state index contributed by atoms with van der Waals surface area (Å²) in [4.78, 5) is 11.5. The first kappa shape index (κ1) is 13.3. The molecule has 0 radical (unpaired) electrons. The topological polar surface area (TPSA) is 127 Å². The quantitative estimate of drug-likeness (QED) is 0.435. The molecule has 1 amide bonds. The lowest BCUT2D eigenvalue weighted by atomic mass is 10.3. The van der Waals surface area contributed by atoms with Gasteiger partial charge in [0.15, 0.2) is 11.5 Å². The van der Waals surface area contributed by atoms with Gasteiger partial charge in [0.05, 0.1) is 5.75 Å². The van der Waals surface area contributed by atoms with Crippen LogP contribution in [0.3, 0.4) is 0 Å². The third-order valence-corrected chi connectivity index (χ3v) is 2.75. The zero-order valence-corrected chi connectivity index (χ0v) is 9.99. The highest BCUT2D eigenvalue weighted by molar-refractivity contribution is 7.90. The summed E-state index contributed by atoms with van der Waals surface area (Å²) >= 11 is 0. The molecule has 17 heavy (non-hydrogen) atoms. The minimum Gasteiger partial charge on any atom is -0.350 e. The molecular formula is C8H13N5O3S. The molecule has 9 heteroatoms. The van der Waals surface area contributed by atoms with Gasteiger partial charge in [0.2, 0.25) is 0 Å². The van der Waals surface area contributed by atoms with E-state index < -0.39 is 15.7 Å². The summed E-state index contributed by atoms with van der Waals surface area (Å²) in [6, 6.07) is 2.91. The fourth-order valence-corrected chi connectivity index (χ4v) is 1.44. The molecule has 0 unspecified atom stereocenters. The van der Waals surface area contributed by atoms with Crippen LogP contribution in [0.2, 0.25) is 0 Å². The zero-order chi connectivity index (χ0) is 12.9. The fourth-order valence-electron chi connectivity index (χ4n) is 0.971. The first-order valence-corrected chi connectivity index (χ1v) is 6.75. The normalized spacial score (nSPS) is 10.9. The number of nitrogens with one attached hydrogen (secondary N) is 2. The summed E-state index contributed by atoms with van der Waals surface area (Å²) in [6.07, 6.45) is 1.10. The standard InChI is InChI=1S/C8H13N5O3S/c1-17(15,16)5-4-10-8(14)6-2-3-7(11-9)13-12-6/h2-3H,4-5,9H2,1H3,(H,10,14)(H,11,13). The zero-order valence-electron chi connectivity index (χ0n) is 9.17. The van der Waals surface area contributed by atoms with E-state index in [2.05, 4.69) is 20.9 Å². The third kappa shape index (κ3) is 4.74. The molecule has 0 bridgehead atoms. The van der Waals surface area contributed by atoms with Gasteiger partial charge >= 0.3 is 0 Å². The van der Waals surface area contributed by atoms with E-state index in [0.717, 1.165) is 6.26 Å². The highest BCUT2D eigenvalue weighted by Gasteiger charge is 2.09. The molecule has 1 heterocycles. The highest BCUT2D eigenvalue weighted by Crippen LogP contribution is 1.99. The van der Waals surface area contributed by atoms with E-state index in [4.69, 9.17) is 5.84 Å². The van der Waals surface area contributed by atoms with Crippen molar-refractivity contribution in [3.63, 3.8) is 0 Å². The largest absolute Gasteiger partial charge is 0.350 e. The lowest BCUT2D eigenvalue weighted by molar-refractivity contribution is 0.0950. The number of amides is 1. The minimum atomic E-state index is -3.09. The average Bonchev–Trinajstić information content (AvgIpc) is 2.27. The van der Waals surface area contributed by atoms with Gasteiger partial charge in [-0.15, -0.1) is 10.2 Å². The van der Waals surface area contributed by atoms with E-state index in [9.17, 15) is 13.2 Å². The van der Waals surface area contributed by atoms with E-state index >= 15 is 0 Å². The molecule has 0 aliphatic rings. The van der Waals surface area contributed by atoms with Gasteiger partial charge in [0.1, 0.15) is 9.84 Å². The van der Waals surface area contributed by atoms with Gasteiger partial charge < -0.3 is 10.7 Å².